The van der Waals surface area contributed by atoms with Gasteiger partial charge < -0.3 is 9.84 Å². The van der Waals surface area contributed by atoms with Gasteiger partial charge in [0.1, 0.15) is 0 Å². The van der Waals surface area contributed by atoms with Crippen LogP contribution in [0.4, 0.5) is 0 Å². The Morgan fingerprint density at radius 2 is 2.00 bits per heavy atom. The molecule has 0 saturated carbocycles. The van der Waals surface area contributed by atoms with E-state index in [1.54, 1.807) is 0 Å². The van der Waals surface area contributed by atoms with Gasteiger partial charge in [-0.3, -0.25) is 0 Å². The lowest BCUT2D eigenvalue weighted by Crippen LogP contribution is -2.37. The number of aliphatic hydroxyl groups excluding tert-OH is 1. The molecule has 2 heteroatoms. The van der Waals surface area contributed by atoms with Gasteiger partial charge >= 0.3 is 0 Å². The van der Waals surface area contributed by atoms with E-state index >= 15 is 0 Å². The van der Waals surface area contributed by atoms with E-state index in [4.69, 9.17) is 4.74 Å². The summed E-state index contributed by atoms with van der Waals surface area (Å²) < 4.78 is 6.43. The van der Waals surface area contributed by atoms with Gasteiger partial charge in [-0.1, -0.05) is 25.5 Å². The normalized spacial score (nSPS) is 49.3. The Morgan fingerprint density at radius 3 is 2.59 bits per heavy atom. The van der Waals surface area contributed by atoms with Gasteiger partial charge in [-0.15, -0.1) is 0 Å². The number of aliphatic hydroxyl groups is 1. The third-order valence-corrected chi connectivity index (χ3v) is 7.37. The average Bonchev–Trinajstić information content (AvgIpc) is 2.84. The Balaban J connectivity index is 1.59. The molecule has 2 nitrogen and oxygen atoms in total. The average molecular weight is 306 g/mol. The number of allylic oxidation sites excluding steroid dienone is 1. The minimum Gasteiger partial charge on any atom is -0.389 e. The fraction of sp³-hybridized carbons (Fsp3) is 0.900. The summed E-state index contributed by atoms with van der Waals surface area (Å²) in [6, 6.07) is 0. The van der Waals surface area contributed by atoms with Crippen LogP contribution in [0.15, 0.2) is 11.6 Å². The largest absolute Gasteiger partial charge is 0.389 e. The first-order valence-electron chi connectivity index (χ1n) is 9.31. The van der Waals surface area contributed by atoms with Crippen molar-refractivity contribution in [3.8, 4) is 0 Å². The fourth-order valence-electron chi connectivity index (χ4n) is 5.56. The van der Waals surface area contributed by atoms with Crippen LogP contribution in [0.25, 0.3) is 0 Å². The zero-order valence-corrected chi connectivity index (χ0v) is 15.1. The van der Waals surface area contributed by atoms with Gasteiger partial charge in [-0.05, 0) is 83.0 Å². The molecule has 2 aliphatic heterocycles. The first-order valence-corrected chi connectivity index (χ1v) is 9.31. The van der Waals surface area contributed by atoms with Crippen LogP contribution >= 0.6 is 0 Å². The zero-order valence-electron chi connectivity index (χ0n) is 15.1. The summed E-state index contributed by atoms with van der Waals surface area (Å²) in [6.45, 7) is 11.5. The minimum atomic E-state index is -0.231. The summed E-state index contributed by atoms with van der Waals surface area (Å²) >= 11 is 0. The summed E-state index contributed by atoms with van der Waals surface area (Å²) in [5, 5.41) is 10.3. The van der Waals surface area contributed by atoms with Gasteiger partial charge in [0.15, 0.2) is 0 Å². The molecular weight excluding hydrogens is 272 g/mol. The summed E-state index contributed by atoms with van der Waals surface area (Å²) in [5.74, 6) is 2.40. The van der Waals surface area contributed by atoms with Crippen LogP contribution in [0, 0.1) is 23.7 Å². The summed E-state index contributed by atoms with van der Waals surface area (Å²) in [6.07, 6.45) is 9.07. The van der Waals surface area contributed by atoms with Crippen LogP contribution in [0.3, 0.4) is 0 Å². The van der Waals surface area contributed by atoms with Crippen LogP contribution < -0.4 is 0 Å². The van der Waals surface area contributed by atoms with Crippen molar-refractivity contribution in [3.63, 3.8) is 0 Å². The van der Waals surface area contributed by atoms with E-state index in [0.29, 0.717) is 23.7 Å². The predicted octanol–water partition coefficient (Wildman–Crippen LogP) is 4.71. The number of hydrogen-bond acceptors (Lipinski definition) is 2. The molecule has 2 saturated heterocycles. The van der Waals surface area contributed by atoms with Gasteiger partial charge in [0.25, 0.3) is 0 Å². The molecule has 0 radical (unpaired) electrons. The smallest absolute Gasteiger partial charge is 0.0754 e. The van der Waals surface area contributed by atoms with Gasteiger partial charge in [0, 0.05) is 0 Å². The van der Waals surface area contributed by atoms with E-state index in [1.165, 1.54) is 31.3 Å². The van der Waals surface area contributed by atoms with Crippen molar-refractivity contribution in [1.82, 2.24) is 0 Å². The van der Waals surface area contributed by atoms with E-state index in [0.717, 1.165) is 12.8 Å². The summed E-state index contributed by atoms with van der Waals surface area (Å²) in [5.41, 5.74) is 1.58. The Labute approximate surface area is 136 Å². The standard InChI is InChI=1S/C20H34O2/c1-13-6-8-16(18(21)12-13)14(2)7-9-17-15(3)19(4)10-11-20(17,5)22-19/h12,14-18,21H,6-11H2,1-5H3/t14-,15-,16+,17-,18+,19+,20-/m1/s1. The maximum absolute atomic E-state index is 10.3. The Morgan fingerprint density at radius 1 is 1.32 bits per heavy atom. The highest BCUT2D eigenvalue weighted by molar-refractivity contribution is 5.10. The Bertz CT molecular complexity index is 457. The van der Waals surface area contributed by atoms with E-state index in [-0.39, 0.29) is 17.3 Å². The minimum absolute atomic E-state index is 0.107. The molecule has 22 heavy (non-hydrogen) atoms. The second-order valence-electron chi connectivity index (χ2n) is 8.88. The van der Waals surface area contributed by atoms with Crippen LogP contribution in [-0.2, 0) is 4.74 Å². The molecule has 0 aromatic heterocycles. The van der Waals surface area contributed by atoms with Gasteiger partial charge in [-0.2, -0.15) is 0 Å². The van der Waals surface area contributed by atoms with Crippen molar-refractivity contribution in [2.45, 2.75) is 90.4 Å². The number of fused-ring (bicyclic) bond motifs is 2. The lowest BCUT2D eigenvalue weighted by atomic mass is 9.66. The molecule has 0 aromatic rings. The van der Waals surface area contributed by atoms with Crippen LogP contribution in [0.2, 0.25) is 0 Å². The molecule has 3 rings (SSSR count). The molecule has 7 atom stereocenters. The highest BCUT2D eigenvalue weighted by atomic mass is 16.5. The molecule has 1 aliphatic carbocycles. The van der Waals surface area contributed by atoms with Crippen molar-refractivity contribution in [2.75, 3.05) is 0 Å². The molecule has 0 aromatic carbocycles. The number of hydrogen-bond donors (Lipinski definition) is 1. The summed E-state index contributed by atoms with van der Waals surface area (Å²) in [4.78, 5) is 0. The van der Waals surface area contributed by atoms with Crippen molar-refractivity contribution in [1.29, 1.82) is 0 Å². The Hall–Kier alpha value is -0.340. The van der Waals surface area contributed by atoms with E-state index < -0.39 is 0 Å². The topological polar surface area (TPSA) is 29.5 Å². The van der Waals surface area contributed by atoms with Crippen molar-refractivity contribution >= 4 is 0 Å². The molecular formula is C20H34O2. The van der Waals surface area contributed by atoms with E-state index in [1.807, 2.05) is 0 Å². The van der Waals surface area contributed by atoms with Crippen LogP contribution in [0.5, 0.6) is 0 Å². The molecule has 2 bridgehead atoms. The highest BCUT2D eigenvalue weighted by Crippen LogP contribution is 2.58. The van der Waals surface area contributed by atoms with E-state index in [9.17, 15) is 5.11 Å². The lowest BCUT2D eigenvalue weighted by Gasteiger charge is -2.36. The number of ether oxygens (including phenoxy) is 1. The monoisotopic (exact) mass is 306 g/mol. The second-order valence-corrected chi connectivity index (χ2v) is 8.88. The van der Waals surface area contributed by atoms with Gasteiger partial charge in [0.2, 0.25) is 0 Å². The first-order chi connectivity index (χ1) is 10.3. The van der Waals surface area contributed by atoms with Crippen LogP contribution in [-0.4, -0.2) is 22.4 Å². The van der Waals surface area contributed by atoms with Crippen molar-refractivity contribution in [3.05, 3.63) is 11.6 Å². The quantitative estimate of drug-likeness (QED) is 0.762. The highest BCUT2D eigenvalue weighted by Gasteiger charge is 2.60. The molecule has 1 N–H and O–H groups in total. The van der Waals surface area contributed by atoms with Gasteiger partial charge in [0.05, 0.1) is 17.3 Å². The first kappa shape index (κ1) is 16.5. The number of rotatable bonds is 4. The molecule has 126 valence electrons. The lowest BCUT2D eigenvalue weighted by molar-refractivity contribution is -0.0434. The molecule has 2 fully saturated rings. The molecule has 2 heterocycles. The molecule has 3 aliphatic rings. The van der Waals surface area contributed by atoms with E-state index in [2.05, 4.69) is 40.7 Å². The summed E-state index contributed by atoms with van der Waals surface area (Å²) in [7, 11) is 0. The molecule has 0 spiro atoms. The zero-order chi connectivity index (χ0) is 16.1. The van der Waals surface area contributed by atoms with Crippen LogP contribution in [0.1, 0.15) is 73.1 Å². The van der Waals surface area contributed by atoms with Crippen molar-refractivity contribution in [2.24, 2.45) is 23.7 Å². The maximum atomic E-state index is 10.3. The molecule has 0 amide bonds. The third-order valence-electron chi connectivity index (χ3n) is 7.37. The Kier molecular flexibility index (Phi) is 4.23. The predicted molar refractivity (Wildman–Crippen MR) is 90.7 cm³/mol. The maximum Gasteiger partial charge on any atom is 0.0754 e. The van der Waals surface area contributed by atoms with Crippen molar-refractivity contribution < 1.29 is 9.84 Å². The second kappa shape index (κ2) is 5.63. The third kappa shape index (κ3) is 2.67. The fourth-order valence-corrected chi connectivity index (χ4v) is 5.56. The molecule has 0 unspecified atom stereocenters. The SMILES string of the molecule is CC1=C[C@H](O)[C@H]([C@H](C)CC[C@@H]2[C@@H](C)[C@]3(C)CC[C@@]2(C)O3)CC1. The van der Waals surface area contributed by atoms with Gasteiger partial charge in [-0.25, -0.2) is 0 Å².